The summed E-state index contributed by atoms with van der Waals surface area (Å²) in [6.45, 7) is 0. The number of aryl methyl sites for hydroxylation is 1. The maximum absolute atomic E-state index is 5.85. The molecule has 0 fully saturated rings. The zero-order chi connectivity index (χ0) is 12.8. The molecule has 0 radical (unpaired) electrons. The summed E-state index contributed by atoms with van der Waals surface area (Å²) < 4.78 is 0. The van der Waals surface area contributed by atoms with Crippen molar-refractivity contribution >= 4 is 46.3 Å². The van der Waals surface area contributed by atoms with Crippen molar-refractivity contribution in [1.82, 2.24) is 4.98 Å². The van der Waals surface area contributed by atoms with Crippen molar-refractivity contribution in [3.63, 3.8) is 0 Å². The molecule has 1 aromatic heterocycles. The number of thiazole rings is 1. The van der Waals surface area contributed by atoms with Crippen molar-refractivity contribution in [3.05, 3.63) is 45.4 Å². The van der Waals surface area contributed by atoms with Crippen molar-refractivity contribution < 1.29 is 0 Å². The lowest BCUT2D eigenvalue weighted by Gasteiger charge is -1.99. The van der Waals surface area contributed by atoms with Crippen LogP contribution in [0.1, 0.15) is 17.1 Å². The van der Waals surface area contributed by atoms with Crippen molar-refractivity contribution in [2.75, 3.05) is 5.88 Å². The lowest BCUT2D eigenvalue weighted by molar-refractivity contribution is 0.893. The van der Waals surface area contributed by atoms with Gasteiger partial charge in [0, 0.05) is 21.2 Å². The number of hydrogen-bond acceptors (Lipinski definition) is 3. The van der Waals surface area contributed by atoms with Crippen LogP contribution in [0.25, 0.3) is 0 Å². The van der Waals surface area contributed by atoms with Gasteiger partial charge in [-0.2, -0.15) is 0 Å². The molecule has 0 bridgehead atoms. The van der Waals surface area contributed by atoms with E-state index in [1.165, 1.54) is 9.90 Å². The Bertz CT molecular complexity index is 482. The maximum Gasteiger partial charge on any atom is 0.103 e. The summed E-state index contributed by atoms with van der Waals surface area (Å²) in [5.41, 5.74) is 1.16. The highest BCUT2D eigenvalue weighted by molar-refractivity contribution is 7.98. The number of hydrogen-bond donors (Lipinski definition) is 0. The second-order valence-electron chi connectivity index (χ2n) is 3.77. The fraction of sp³-hybridized carbons (Fsp3) is 0.308. The third-order valence-corrected chi connectivity index (χ3v) is 4.96. The molecule has 2 rings (SSSR count). The predicted molar refractivity (Wildman–Crippen MR) is 82.2 cm³/mol. The molecule has 5 heteroatoms. The largest absolute Gasteiger partial charge is 0.245 e. The van der Waals surface area contributed by atoms with Crippen LogP contribution in [-0.2, 0) is 12.2 Å². The van der Waals surface area contributed by atoms with E-state index in [9.17, 15) is 0 Å². The Morgan fingerprint density at radius 3 is 2.72 bits per heavy atom. The second kappa shape index (κ2) is 7.39. The van der Waals surface area contributed by atoms with E-state index >= 15 is 0 Å². The van der Waals surface area contributed by atoms with Gasteiger partial charge in [0.2, 0.25) is 0 Å². The quantitative estimate of drug-likeness (QED) is 0.532. The van der Waals surface area contributed by atoms with E-state index < -0.39 is 0 Å². The second-order valence-corrected chi connectivity index (χ2v) is 6.57. The Morgan fingerprint density at radius 2 is 2.00 bits per heavy atom. The van der Waals surface area contributed by atoms with Gasteiger partial charge in [-0.25, -0.2) is 4.98 Å². The Morgan fingerprint density at radius 1 is 1.22 bits per heavy atom. The van der Waals surface area contributed by atoms with Gasteiger partial charge in [-0.1, -0.05) is 11.6 Å². The topological polar surface area (TPSA) is 12.9 Å². The average molecular weight is 318 g/mol. The van der Waals surface area contributed by atoms with E-state index in [1.54, 1.807) is 23.1 Å². The minimum absolute atomic E-state index is 0.701. The van der Waals surface area contributed by atoms with Crippen LogP contribution >= 0.6 is 46.3 Å². The molecule has 0 aliphatic heterocycles. The highest BCUT2D eigenvalue weighted by Gasteiger charge is 2.03. The average Bonchev–Trinajstić information content (AvgIpc) is 2.84. The molecule has 0 amide bonds. The zero-order valence-corrected chi connectivity index (χ0v) is 12.9. The van der Waals surface area contributed by atoms with E-state index in [1.807, 2.05) is 24.3 Å². The fourth-order valence-corrected chi connectivity index (χ4v) is 3.46. The molecule has 1 heterocycles. The molecule has 0 aliphatic rings. The summed E-state index contributed by atoms with van der Waals surface area (Å²) in [4.78, 5) is 5.81. The normalized spacial score (nSPS) is 10.8. The van der Waals surface area contributed by atoms with Crippen LogP contribution in [0.5, 0.6) is 0 Å². The van der Waals surface area contributed by atoms with Crippen molar-refractivity contribution in [3.8, 4) is 0 Å². The van der Waals surface area contributed by atoms with Crippen LogP contribution in [0.15, 0.2) is 34.5 Å². The van der Waals surface area contributed by atoms with Gasteiger partial charge in [-0.3, -0.25) is 0 Å². The number of aromatic nitrogens is 1. The molecule has 0 saturated heterocycles. The first-order valence-corrected chi connectivity index (χ1v) is 8.43. The van der Waals surface area contributed by atoms with Crippen LogP contribution in [0, 0.1) is 0 Å². The van der Waals surface area contributed by atoms with Gasteiger partial charge in [0.15, 0.2) is 0 Å². The van der Waals surface area contributed by atoms with Gasteiger partial charge < -0.3 is 0 Å². The first-order chi connectivity index (χ1) is 8.78. The molecular weight excluding hydrogens is 305 g/mol. The molecular formula is C13H13Cl2NS2. The van der Waals surface area contributed by atoms with Gasteiger partial charge in [-0.05, 0) is 37.1 Å². The first-order valence-electron chi connectivity index (χ1n) is 5.65. The highest BCUT2D eigenvalue weighted by Crippen LogP contribution is 2.25. The van der Waals surface area contributed by atoms with E-state index in [2.05, 4.69) is 10.4 Å². The lowest BCUT2D eigenvalue weighted by Crippen LogP contribution is -1.87. The summed E-state index contributed by atoms with van der Waals surface area (Å²) in [6, 6.07) is 7.90. The smallest absolute Gasteiger partial charge is 0.103 e. The molecule has 0 saturated carbocycles. The van der Waals surface area contributed by atoms with Crippen LogP contribution in [0.4, 0.5) is 0 Å². The van der Waals surface area contributed by atoms with Crippen molar-refractivity contribution in [1.29, 1.82) is 0 Å². The predicted octanol–water partition coefficient (Wildman–Crippen LogP) is 5.26. The summed E-state index contributed by atoms with van der Waals surface area (Å²) in [6.07, 6.45) is 1.97. The summed E-state index contributed by atoms with van der Waals surface area (Å²) in [5, 5.41) is 4.07. The van der Waals surface area contributed by atoms with Crippen molar-refractivity contribution in [2.45, 2.75) is 23.5 Å². The molecule has 0 aliphatic carbocycles. The van der Waals surface area contributed by atoms with Gasteiger partial charge in [-0.15, -0.1) is 34.7 Å². The zero-order valence-electron chi connectivity index (χ0n) is 9.73. The molecule has 1 nitrogen and oxygen atoms in total. The number of rotatable bonds is 6. The van der Waals surface area contributed by atoms with Gasteiger partial charge in [0.1, 0.15) is 5.01 Å². The van der Waals surface area contributed by atoms with Crippen LogP contribution in [0.3, 0.4) is 0 Å². The molecule has 96 valence electrons. The molecule has 1 aromatic carbocycles. The number of nitrogens with zero attached hydrogens (tertiary/aromatic N) is 1. The SMILES string of the molecule is ClCCCc1csc(CSc2ccc(Cl)cc2)n1. The number of benzene rings is 1. The Kier molecular flexibility index (Phi) is 5.83. The molecule has 2 aromatic rings. The van der Waals surface area contributed by atoms with E-state index in [0.717, 1.165) is 29.3 Å². The molecule has 0 unspecified atom stereocenters. The van der Waals surface area contributed by atoms with Crippen molar-refractivity contribution in [2.24, 2.45) is 0 Å². The Hall–Kier alpha value is -0.220. The molecule has 0 N–H and O–H groups in total. The number of halogens is 2. The van der Waals surface area contributed by atoms with E-state index in [4.69, 9.17) is 23.2 Å². The van der Waals surface area contributed by atoms with E-state index in [-0.39, 0.29) is 0 Å². The molecule has 0 spiro atoms. The van der Waals surface area contributed by atoms with Crippen LogP contribution in [-0.4, -0.2) is 10.9 Å². The summed E-state index contributed by atoms with van der Waals surface area (Å²) in [7, 11) is 0. The van der Waals surface area contributed by atoms with Crippen LogP contribution < -0.4 is 0 Å². The lowest BCUT2D eigenvalue weighted by atomic mass is 10.3. The summed E-state index contributed by atoms with van der Waals surface area (Å²) >= 11 is 15.0. The minimum atomic E-state index is 0.701. The third-order valence-electron chi connectivity index (χ3n) is 2.34. The first kappa shape index (κ1) is 14.2. The Balaban J connectivity index is 1.86. The summed E-state index contributed by atoms with van der Waals surface area (Å²) in [5.74, 6) is 1.61. The monoisotopic (exact) mass is 317 g/mol. The van der Waals surface area contributed by atoms with Gasteiger partial charge in [0.25, 0.3) is 0 Å². The highest BCUT2D eigenvalue weighted by atomic mass is 35.5. The minimum Gasteiger partial charge on any atom is -0.245 e. The fourth-order valence-electron chi connectivity index (χ4n) is 1.45. The maximum atomic E-state index is 5.85. The van der Waals surface area contributed by atoms with Gasteiger partial charge in [0.05, 0.1) is 11.4 Å². The molecule has 18 heavy (non-hydrogen) atoms. The third kappa shape index (κ3) is 4.47. The Labute approximate surface area is 126 Å². The number of alkyl halides is 1. The standard InChI is InChI=1S/C13H13Cl2NS2/c14-7-1-2-11-8-18-13(16-11)9-17-12-5-3-10(15)4-6-12/h3-6,8H,1-2,7,9H2. The van der Waals surface area contributed by atoms with E-state index in [0.29, 0.717) is 5.88 Å². The van der Waals surface area contributed by atoms with Crippen LogP contribution in [0.2, 0.25) is 5.02 Å². The number of thioether (sulfide) groups is 1. The molecule has 0 atom stereocenters. The van der Waals surface area contributed by atoms with Gasteiger partial charge >= 0.3 is 0 Å².